The molecule has 2 amide bonds. The van der Waals surface area contributed by atoms with E-state index in [0.29, 0.717) is 19.6 Å². The van der Waals surface area contributed by atoms with Crippen molar-refractivity contribution in [2.24, 2.45) is 0 Å². The number of nitrogens with zero attached hydrogens (tertiary/aromatic N) is 4. The first-order valence-corrected chi connectivity index (χ1v) is 8.01. The van der Waals surface area contributed by atoms with Crippen LogP contribution in [0.4, 0.5) is 0 Å². The smallest absolute Gasteiger partial charge is 0.239 e. The molecule has 0 aliphatic carbocycles. The largest absolute Gasteiger partial charge is 0.361 e. The maximum Gasteiger partial charge on any atom is 0.239 e. The van der Waals surface area contributed by atoms with Gasteiger partial charge in [0, 0.05) is 51.9 Å². The van der Waals surface area contributed by atoms with Gasteiger partial charge in [0.1, 0.15) is 5.76 Å². The number of hydrogen-bond donors (Lipinski definition) is 1. The van der Waals surface area contributed by atoms with E-state index in [9.17, 15) is 9.59 Å². The van der Waals surface area contributed by atoms with E-state index in [0.717, 1.165) is 44.2 Å². The first kappa shape index (κ1) is 15.9. The Kier molecular flexibility index (Phi) is 4.92. The lowest BCUT2D eigenvalue weighted by atomic mass is 10.2. The van der Waals surface area contributed by atoms with E-state index >= 15 is 0 Å². The van der Waals surface area contributed by atoms with Crippen molar-refractivity contribution in [1.29, 1.82) is 0 Å². The summed E-state index contributed by atoms with van der Waals surface area (Å²) in [4.78, 5) is 29.7. The minimum Gasteiger partial charge on any atom is -0.361 e. The molecular formula is C15H23N5O3. The number of aryl methyl sites for hydroxylation is 1. The number of piperazine rings is 2. The van der Waals surface area contributed by atoms with Gasteiger partial charge in [0.25, 0.3) is 0 Å². The van der Waals surface area contributed by atoms with Crippen molar-refractivity contribution in [3.63, 3.8) is 0 Å². The van der Waals surface area contributed by atoms with Crippen LogP contribution in [0.25, 0.3) is 0 Å². The maximum absolute atomic E-state index is 12.3. The second-order valence-electron chi connectivity index (χ2n) is 6.15. The summed E-state index contributed by atoms with van der Waals surface area (Å²) in [6.45, 7) is 7.91. The molecule has 0 unspecified atom stereocenters. The van der Waals surface area contributed by atoms with Crippen LogP contribution in [0.3, 0.4) is 0 Å². The molecule has 8 heteroatoms. The molecule has 23 heavy (non-hydrogen) atoms. The Bertz CT molecular complexity index is 565. The highest BCUT2D eigenvalue weighted by molar-refractivity contribution is 5.86. The highest BCUT2D eigenvalue weighted by Crippen LogP contribution is 2.09. The van der Waals surface area contributed by atoms with E-state index in [1.54, 1.807) is 4.90 Å². The van der Waals surface area contributed by atoms with E-state index in [4.69, 9.17) is 4.52 Å². The lowest BCUT2D eigenvalue weighted by molar-refractivity contribution is -0.139. The van der Waals surface area contributed by atoms with Gasteiger partial charge >= 0.3 is 0 Å². The molecule has 2 aliphatic rings. The zero-order valence-electron chi connectivity index (χ0n) is 13.5. The Labute approximate surface area is 135 Å². The predicted molar refractivity (Wildman–Crippen MR) is 82.5 cm³/mol. The van der Waals surface area contributed by atoms with E-state index in [1.807, 2.05) is 13.0 Å². The van der Waals surface area contributed by atoms with Gasteiger partial charge in [-0.1, -0.05) is 5.16 Å². The normalized spacial score (nSPS) is 20.6. The van der Waals surface area contributed by atoms with Gasteiger partial charge in [0.15, 0.2) is 0 Å². The fourth-order valence-electron chi connectivity index (χ4n) is 2.97. The topological polar surface area (TPSA) is 81.9 Å². The van der Waals surface area contributed by atoms with Crippen LogP contribution in [-0.4, -0.2) is 84.0 Å². The minimum atomic E-state index is -0.0719. The second-order valence-corrected chi connectivity index (χ2v) is 6.15. The third kappa shape index (κ3) is 4.29. The molecule has 0 radical (unpaired) electrons. The summed E-state index contributed by atoms with van der Waals surface area (Å²) in [5.74, 6) is 0.799. The van der Waals surface area contributed by atoms with Crippen LogP contribution in [0.2, 0.25) is 0 Å². The van der Waals surface area contributed by atoms with Gasteiger partial charge < -0.3 is 14.7 Å². The fraction of sp³-hybridized carbons (Fsp3) is 0.667. The molecule has 0 bridgehead atoms. The summed E-state index contributed by atoms with van der Waals surface area (Å²) in [6.07, 6.45) is 0. The highest BCUT2D eigenvalue weighted by Gasteiger charge is 2.25. The molecule has 2 fully saturated rings. The lowest BCUT2D eigenvalue weighted by Gasteiger charge is -2.35. The summed E-state index contributed by atoms with van der Waals surface area (Å²) in [7, 11) is 0. The molecule has 0 spiro atoms. The predicted octanol–water partition coefficient (Wildman–Crippen LogP) is -0.941. The molecular weight excluding hydrogens is 298 g/mol. The molecule has 0 saturated carbocycles. The van der Waals surface area contributed by atoms with Crippen molar-refractivity contribution >= 4 is 11.8 Å². The number of carbonyl (C=O) groups excluding carboxylic acids is 2. The van der Waals surface area contributed by atoms with Gasteiger partial charge in [0.05, 0.1) is 18.8 Å². The number of nitrogens with one attached hydrogen (secondary N) is 1. The van der Waals surface area contributed by atoms with Gasteiger partial charge in [-0.05, 0) is 6.92 Å². The molecule has 2 aliphatic heterocycles. The van der Waals surface area contributed by atoms with E-state index in [1.165, 1.54) is 0 Å². The molecule has 3 heterocycles. The molecule has 0 atom stereocenters. The summed E-state index contributed by atoms with van der Waals surface area (Å²) in [5.41, 5.74) is 0.950. The van der Waals surface area contributed by atoms with Crippen molar-refractivity contribution in [3.8, 4) is 0 Å². The molecule has 1 aromatic rings. The summed E-state index contributed by atoms with van der Waals surface area (Å²) >= 11 is 0. The Morgan fingerprint density at radius 3 is 2.65 bits per heavy atom. The van der Waals surface area contributed by atoms with Crippen molar-refractivity contribution in [3.05, 3.63) is 17.5 Å². The van der Waals surface area contributed by atoms with Crippen LogP contribution in [-0.2, 0) is 16.1 Å². The van der Waals surface area contributed by atoms with Gasteiger partial charge in [-0.25, -0.2) is 0 Å². The van der Waals surface area contributed by atoms with Gasteiger partial charge in [0.2, 0.25) is 11.8 Å². The number of carbonyl (C=O) groups is 2. The Hall–Kier alpha value is -1.93. The fourth-order valence-corrected chi connectivity index (χ4v) is 2.97. The second kappa shape index (κ2) is 7.10. The van der Waals surface area contributed by atoms with Crippen LogP contribution in [0, 0.1) is 6.92 Å². The SMILES string of the molecule is Cc1cc(CN2CCN(CC(=O)N3CCNC(=O)C3)CC2)no1. The third-order valence-electron chi connectivity index (χ3n) is 4.28. The van der Waals surface area contributed by atoms with Crippen LogP contribution in [0.5, 0.6) is 0 Å². The van der Waals surface area contributed by atoms with Crippen molar-refractivity contribution < 1.29 is 14.1 Å². The molecule has 2 saturated heterocycles. The van der Waals surface area contributed by atoms with Gasteiger partial charge in [-0.15, -0.1) is 0 Å². The molecule has 1 aromatic heterocycles. The van der Waals surface area contributed by atoms with Crippen LogP contribution in [0.1, 0.15) is 11.5 Å². The summed E-state index contributed by atoms with van der Waals surface area (Å²) in [6, 6.07) is 1.96. The Morgan fingerprint density at radius 2 is 2.00 bits per heavy atom. The third-order valence-corrected chi connectivity index (χ3v) is 4.28. The zero-order valence-corrected chi connectivity index (χ0v) is 13.5. The molecule has 8 nitrogen and oxygen atoms in total. The van der Waals surface area contributed by atoms with E-state index in [-0.39, 0.29) is 18.4 Å². The number of amides is 2. The Morgan fingerprint density at radius 1 is 1.26 bits per heavy atom. The standard InChI is InChI=1S/C15H23N5O3/c1-12-8-13(17-23-12)9-18-4-6-19(7-5-18)11-15(22)20-3-2-16-14(21)10-20/h8H,2-7,9-11H2,1H3,(H,16,21). The zero-order chi connectivity index (χ0) is 16.2. The average Bonchev–Trinajstić information content (AvgIpc) is 2.94. The first-order chi connectivity index (χ1) is 11.1. The van der Waals surface area contributed by atoms with Crippen molar-refractivity contribution in [2.75, 3.05) is 52.4 Å². The van der Waals surface area contributed by atoms with E-state index < -0.39 is 0 Å². The van der Waals surface area contributed by atoms with Crippen LogP contribution >= 0.6 is 0 Å². The number of aromatic nitrogens is 1. The summed E-state index contributed by atoms with van der Waals surface area (Å²) in [5, 5.41) is 6.75. The number of rotatable bonds is 4. The van der Waals surface area contributed by atoms with Gasteiger partial charge in [-0.3, -0.25) is 19.4 Å². The van der Waals surface area contributed by atoms with Crippen LogP contribution in [0.15, 0.2) is 10.6 Å². The van der Waals surface area contributed by atoms with Gasteiger partial charge in [-0.2, -0.15) is 0 Å². The number of hydrogen-bond acceptors (Lipinski definition) is 6. The Balaban J connectivity index is 1.42. The minimum absolute atomic E-state index is 0.0421. The summed E-state index contributed by atoms with van der Waals surface area (Å²) < 4.78 is 5.09. The maximum atomic E-state index is 12.3. The lowest BCUT2D eigenvalue weighted by Crippen LogP contribution is -2.54. The first-order valence-electron chi connectivity index (χ1n) is 8.01. The quantitative estimate of drug-likeness (QED) is 0.771. The average molecular weight is 321 g/mol. The molecule has 126 valence electrons. The monoisotopic (exact) mass is 321 g/mol. The van der Waals surface area contributed by atoms with Crippen LogP contribution < -0.4 is 5.32 Å². The molecule has 3 rings (SSSR count). The highest BCUT2D eigenvalue weighted by atomic mass is 16.5. The molecule has 0 aromatic carbocycles. The van der Waals surface area contributed by atoms with Crippen molar-refractivity contribution in [1.82, 2.24) is 25.2 Å². The van der Waals surface area contributed by atoms with E-state index in [2.05, 4.69) is 20.3 Å². The van der Waals surface area contributed by atoms with Crippen molar-refractivity contribution in [2.45, 2.75) is 13.5 Å². The molecule has 1 N–H and O–H groups in total.